The Kier molecular flexibility index (Phi) is 4.66. The Balaban J connectivity index is 1.73. The van der Waals surface area contributed by atoms with Gasteiger partial charge < -0.3 is 5.32 Å². The lowest BCUT2D eigenvalue weighted by Crippen LogP contribution is -2.25. The highest BCUT2D eigenvalue weighted by molar-refractivity contribution is 5.72. The van der Waals surface area contributed by atoms with E-state index in [1.54, 1.807) is 6.20 Å². The molecule has 0 aliphatic carbocycles. The number of carbonyl (C=O) groups is 1. The summed E-state index contributed by atoms with van der Waals surface area (Å²) >= 11 is 0. The number of nitrogens with zero attached hydrogens (tertiary/aromatic N) is 4. The van der Waals surface area contributed by atoms with Crippen LogP contribution in [-0.2, 0) is 17.9 Å². The van der Waals surface area contributed by atoms with E-state index in [2.05, 4.69) is 30.4 Å². The molecule has 7 heteroatoms. The van der Waals surface area contributed by atoms with Crippen molar-refractivity contribution in [2.24, 2.45) is 0 Å². The minimum absolute atomic E-state index is 0.0527. The molecule has 1 aliphatic rings. The van der Waals surface area contributed by atoms with Crippen molar-refractivity contribution in [2.45, 2.75) is 45.8 Å². The van der Waals surface area contributed by atoms with Crippen LogP contribution >= 0.6 is 0 Å². The molecule has 0 radical (unpaired) electrons. The lowest BCUT2D eigenvalue weighted by atomic mass is 10.2. The zero-order valence-corrected chi connectivity index (χ0v) is 13.5. The maximum Gasteiger partial charge on any atom is 0.217 e. The van der Waals surface area contributed by atoms with Gasteiger partial charge in [0.2, 0.25) is 5.91 Å². The molecule has 23 heavy (non-hydrogen) atoms. The first-order valence-corrected chi connectivity index (χ1v) is 7.92. The Morgan fingerprint density at radius 2 is 2.39 bits per heavy atom. The SMILES string of the molecule is CC(=O)NCc1ccnc([C@@H]2CCCN2Cc2cn[nH]c2C)n1. The standard InChI is InChI=1S/C16H22N6O/c1-11-13(8-19-21-11)10-22-7-3-4-15(22)16-17-6-5-14(20-16)9-18-12(2)23/h5-6,8,15H,3-4,7,9-10H2,1-2H3,(H,18,23)(H,19,21)/t15-/m0/s1. The number of rotatable bonds is 5. The Bertz CT molecular complexity index is 683. The van der Waals surface area contributed by atoms with Gasteiger partial charge in [-0.2, -0.15) is 5.10 Å². The lowest BCUT2D eigenvalue weighted by Gasteiger charge is -2.23. The molecule has 0 saturated carbocycles. The van der Waals surface area contributed by atoms with Gasteiger partial charge in [-0.25, -0.2) is 9.97 Å². The Morgan fingerprint density at radius 1 is 1.52 bits per heavy atom. The molecule has 1 fully saturated rings. The zero-order valence-electron chi connectivity index (χ0n) is 13.5. The Hall–Kier alpha value is -2.28. The number of likely N-dealkylation sites (tertiary alicyclic amines) is 1. The van der Waals surface area contributed by atoms with Gasteiger partial charge in [-0.15, -0.1) is 0 Å². The van der Waals surface area contributed by atoms with Crippen LogP contribution in [-0.4, -0.2) is 37.5 Å². The highest BCUT2D eigenvalue weighted by Crippen LogP contribution is 2.31. The molecular formula is C16H22N6O. The molecule has 2 aromatic rings. The number of aromatic amines is 1. The molecule has 0 bridgehead atoms. The van der Waals surface area contributed by atoms with Gasteiger partial charge in [0.25, 0.3) is 0 Å². The zero-order chi connectivity index (χ0) is 16.2. The highest BCUT2D eigenvalue weighted by atomic mass is 16.1. The summed E-state index contributed by atoms with van der Waals surface area (Å²) in [5, 5.41) is 9.86. The van der Waals surface area contributed by atoms with E-state index in [0.717, 1.165) is 43.1 Å². The van der Waals surface area contributed by atoms with Gasteiger partial charge >= 0.3 is 0 Å². The van der Waals surface area contributed by atoms with Gasteiger partial charge in [0.15, 0.2) is 0 Å². The van der Waals surface area contributed by atoms with Crippen LogP contribution in [0.25, 0.3) is 0 Å². The smallest absolute Gasteiger partial charge is 0.217 e. The average molecular weight is 314 g/mol. The van der Waals surface area contributed by atoms with Crippen LogP contribution in [0.2, 0.25) is 0 Å². The molecule has 1 saturated heterocycles. The normalized spacial score (nSPS) is 18.3. The maximum atomic E-state index is 11.0. The molecule has 7 nitrogen and oxygen atoms in total. The number of aryl methyl sites for hydroxylation is 1. The van der Waals surface area contributed by atoms with Crippen molar-refractivity contribution in [3.63, 3.8) is 0 Å². The van der Waals surface area contributed by atoms with Gasteiger partial charge in [0.1, 0.15) is 5.82 Å². The van der Waals surface area contributed by atoms with Crippen molar-refractivity contribution < 1.29 is 4.79 Å². The highest BCUT2D eigenvalue weighted by Gasteiger charge is 2.28. The fourth-order valence-corrected chi connectivity index (χ4v) is 2.95. The summed E-state index contributed by atoms with van der Waals surface area (Å²) in [6.07, 6.45) is 5.86. The van der Waals surface area contributed by atoms with Crippen LogP contribution in [0.15, 0.2) is 18.5 Å². The lowest BCUT2D eigenvalue weighted by molar-refractivity contribution is -0.119. The first-order valence-electron chi connectivity index (χ1n) is 7.92. The Morgan fingerprint density at radius 3 is 3.13 bits per heavy atom. The second-order valence-electron chi connectivity index (χ2n) is 5.96. The average Bonchev–Trinajstić information content (AvgIpc) is 3.16. The van der Waals surface area contributed by atoms with E-state index in [-0.39, 0.29) is 11.9 Å². The number of H-pyrrole nitrogens is 1. The molecule has 0 aromatic carbocycles. The predicted octanol–water partition coefficient (Wildman–Crippen LogP) is 1.48. The molecule has 1 amide bonds. The summed E-state index contributed by atoms with van der Waals surface area (Å²) in [7, 11) is 0. The van der Waals surface area contributed by atoms with E-state index in [9.17, 15) is 4.79 Å². The molecule has 2 aromatic heterocycles. The first kappa shape index (κ1) is 15.6. The van der Waals surface area contributed by atoms with Crippen molar-refractivity contribution in [1.82, 2.24) is 30.4 Å². The quantitative estimate of drug-likeness (QED) is 0.873. The molecule has 1 atom stereocenters. The monoisotopic (exact) mass is 314 g/mol. The summed E-state index contributed by atoms with van der Waals surface area (Å²) in [6, 6.07) is 2.07. The van der Waals surface area contributed by atoms with Crippen molar-refractivity contribution in [1.29, 1.82) is 0 Å². The fourth-order valence-electron chi connectivity index (χ4n) is 2.95. The molecule has 3 rings (SSSR count). The molecule has 2 N–H and O–H groups in total. The van der Waals surface area contributed by atoms with E-state index in [4.69, 9.17) is 0 Å². The van der Waals surface area contributed by atoms with E-state index in [1.807, 2.05) is 19.2 Å². The largest absolute Gasteiger partial charge is 0.351 e. The summed E-state index contributed by atoms with van der Waals surface area (Å²) in [4.78, 5) is 22.5. The van der Waals surface area contributed by atoms with Gasteiger partial charge in [-0.3, -0.25) is 14.8 Å². The second kappa shape index (κ2) is 6.87. The van der Waals surface area contributed by atoms with Gasteiger partial charge in [-0.1, -0.05) is 0 Å². The number of nitrogens with one attached hydrogen (secondary N) is 2. The third kappa shape index (κ3) is 3.73. The van der Waals surface area contributed by atoms with E-state index >= 15 is 0 Å². The van der Waals surface area contributed by atoms with Gasteiger partial charge in [0.05, 0.1) is 24.5 Å². The number of aromatic nitrogens is 4. The predicted molar refractivity (Wildman–Crippen MR) is 85.3 cm³/mol. The van der Waals surface area contributed by atoms with Crippen molar-refractivity contribution in [2.75, 3.05) is 6.54 Å². The number of amides is 1. The molecule has 1 aliphatic heterocycles. The second-order valence-corrected chi connectivity index (χ2v) is 5.96. The van der Waals surface area contributed by atoms with Crippen LogP contribution in [0.4, 0.5) is 0 Å². The summed E-state index contributed by atoms with van der Waals surface area (Å²) in [5.74, 6) is 0.787. The number of hydrogen-bond donors (Lipinski definition) is 2. The third-order valence-corrected chi connectivity index (χ3v) is 4.22. The third-order valence-electron chi connectivity index (χ3n) is 4.22. The summed E-state index contributed by atoms with van der Waals surface area (Å²) < 4.78 is 0. The summed E-state index contributed by atoms with van der Waals surface area (Å²) in [5.41, 5.74) is 3.17. The van der Waals surface area contributed by atoms with Crippen LogP contribution in [0.1, 0.15) is 48.6 Å². The Labute approximate surface area is 135 Å². The minimum atomic E-state index is -0.0527. The van der Waals surface area contributed by atoms with Crippen LogP contribution in [0, 0.1) is 6.92 Å². The molecular weight excluding hydrogens is 292 g/mol. The molecule has 122 valence electrons. The fraction of sp³-hybridized carbons (Fsp3) is 0.500. The van der Waals surface area contributed by atoms with Crippen molar-refractivity contribution in [3.05, 3.63) is 41.2 Å². The van der Waals surface area contributed by atoms with Crippen LogP contribution in [0.5, 0.6) is 0 Å². The van der Waals surface area contributed by atoms with Gasteiger partial charge in [0, 0.05) is 30.9 Å². The maximum absolute atomic E-state index is 11.0. The van der Waals surface area contributed by atoms with E-state index < -0.39 is 0 Å². The molecule has 0 spiro atoms. The number of hydrogen-bond acceptors (Lipinski definition) is 5. The van der Waals surface area contributed by atoms with Crippen LogP contribution in [0.3, 0.4) is 0 Å². The van der Waals surface area contributed by atoms with Crippen molar-refractivity contribution >= 4 is 5.91 Å². The number of carbonyl (C=O) groups excluding carboxylic acids is 1. The topological polar surface area (TPSA) is 86.8 Å². The van der Waals surface area contributed by atoms with Gasteiger partial charge in [-0.05, 0) is 32.4 Å². The molecule has 0 unspecified atom stereocenters. The molecule has 3 heterocycles. The van der Waals surface area contributed by atoms with Crippen LogP contribution < -0.4 is 5.32 Å². The van der Waals surface area contributed by atoms with E-state index in [1.165, 1.54) is 12.5 Å². The van der Waals surface area contributed by atoms with E-state index in [0.29, 0.717) is 6.54 Å². The summed E-state index contributed by atoms with van der Waals surface area (Å²) in [6.45, 7) is 5.88. The minimum Gasteiger partial charge on any atom is -0.351 e. The van der Waals surface area contributed by atoms with Crippen molar-refractivity contribution in [3.8, 4) is 0 Å². The first-order chi connectivity index (χ1) is 11.1.